The molecule has 1 aliphatic heterocycles. The van der Waals surface area contributed by atoms with Crippen molar-refractivity contribution in [2.24, 2.45) is 0 Å². The van der Waals surface area contributed by atoms with Gasteiger partial charge in [0.2, 0.25) is 0 Å². The summed E-state index contributed by atoms with van der Waals surface area (Å²) in [6.07, 6.45) is -0.306. The molecule has 0 N–H and O–H groups in total. The molecule has 0 spiro atoms. The molecule has 1 heterocycles. The maximum Gasteiger partial charge on any atom is 0.191 e. The Morgan fingerprint density at radius 3 is 2.73 bits per heavy atom. The molecule has 3 nitrogen and oxygen atoms in total. The van der Waals surface area contributed by atoms with Crippen LogP contribution in [0.4, 0.5) is 0 Å². The van der Waals surface area contributed by atoms with Gasteiger partial charge in [-0.05, 0) is 12.1 Å². The summed E-state index contributed by atoms with van der Waals surface area (Å²) in [5.41, 5.74) is 0. The summed E-state index contributed by atoms with van der Waals surface area (Å²) in [5, 5.41) is 0.889. The van der Waals surface area contributed by atoms with E-state index >= 15 is 0 Å². The van der Waals surface area contributed by atoms with Gasteiger partial charge >= 0.3 is 0 Å². The zero-order valence-electron chi connectivity index (χ0n) is 7.91. The van der Waals surface area contributed by atoms with E-state index in [1.165, 1.54) is 0 Å². The number of halogens is 2. The Morgan fingerprint density at radius 1 is 1.27 bits per heavy atom. The topological polar surface area (TPSA) is 27.7 Å². The summed E-state index contributed by atoms with van der Waals surface area (Å²) in [6.45, 7) is 1.54. The molecular formula is C10H10Cl2O3. The van der Waals surface area contributed by atoms with Crippen molar-refractivity contribution in [1.29, 1.82) is 0 Å². The first kappa shape index (κ1) is 11.0. The van der Waals surface area contributed by atoms with Gasteiger partial charge < -0.3 is 14.2 Å². The van der Waals surface area contributed by atoms with E-state index in [9.17, 15) is 0 Å². The van der Waals surface area contributed by atoms with Gasteiger partial charge in [0.1, 0.15) is 17.4 Å². The number of hydrogen-bond donors (Lipinski definition) is 0. The molecule has 2 rings (SSSR count). The van der Waals surface area contributed by atoms with E-state index in [-0.39, 0.29) is 6.29 Å². The molecule has 1 aromatic carbocycles. The van der Waals surface area contributed by atoms with Gasteiger partial charge in [0.05, 0.1) is 18.2 Å². The largest absolute Gasteiger partial charge is 0.487 e. The van der Waals surface area contributed by atoms with E-state index in [0.717, 1.165) is 0 Å². The average Bonchev–Trinajstić information content (AvgIpc) is 2.73. The third-order valence-corrected chi connectivity index (χ3v) is 2.78. The summed E-state index contributed by atoms with van der Waals surface area (Å²) >= 11 is 11.8. The summed E-state index contributed by atoms with van der Waals surface area (Å²) < 4.78 is 15.9. The number of hydrogen-bond acceptors (Lipinski definition) is 3. The minimum atomic E-state index is -0.306. The van der Waals surface area contributed by atoms with Crippen LogP contribution in [0.2, 0.25) is 10.0 Å². The van der Waals surface area contributed by atoms with Gasteiger partial charge in [0.15, 0.2) is 6.29 Å². The van der Waals surface area contributed by atoms with Crippen LogP contribution >= 0.6 is 23.2 Å². The lowest BCUT2D eigenvalue weighted by molar-refractivity contribution is -0.0683. The molecule has 0 amide bonds. The first-order valence-electron chi connectivity index (χ1n) is 4.57. The van der Waals surface area contributed by atoms with Crippen molar-refractivity contribution in [3.05, 3.63) is 28.2 Å². The van der Waals surface area contributed by atoms with E-state index in [0.29, 0.717) is 35.6 Å². The van der Waals surface area contributed by atoms with E-state index in [4.69, 9.17) is 37.4 Å². The molecule has 1 aromatic rings. The molecule has 82 valence electrons. The number of rotatable bonds is 3. The van der Waals surface area contributed by atoms with Crippen LogP contribution in [0.15, 0.2) is 18.2 Å². The van der Waals surface area contributed by atoms with Crippen LogP contribution in [0.25, 0.3) is 0 Å². The van der Waals surface area contributed by atoms with E-state index in [1.54, 1.807) is 18.2 Å². The molecule has 0 unspecified atom stereocenters. The van der Waals surface area contributed by atoms with Gasteiger partial charge in [-0.25, -0.2) is 0 Å². The van der Waals surface area contributed by atoms with Crippen LogP contribution in [0.1, 0.15) is 0 Å². The molecule has 1 fully saturated rings. The molecule has 0 aliphatic carbocycles. The third kappa shape index (κ3) is 2.75. The van der Waals surface area contributed by atoms with Crippen molar-refractivity contribution in [3.8, 4) is 5.75 Å². The second-order valence-corrected chi connectivity index (χ2v) is 3.82. The van der Waals surface area contributed by atoms with Crippen molar-refractivity contribution >= 4 is 23.2 Å². The minimum absolute atomic E-state index is 0.306. The Hall–Kier alpha value is -0.480. The van der Waals surface area contributed by atoms with E-state index in [2.05, 4.69) is 0 Å². The number of benzene rings is 1. The zero-order chi connectivity index (χ0) is 10.7. The summed E-state index contributed by atoms with van der Waals surface area (Å²) in [4.78, 5) is 0. The number of ether oxygens (including phenoxy) is 3. The molecule has 0 aromatic heterocycles. The SMILES string of the molecule is Clc1cccc(OCC2OCCO2)c1Cl. The highest BCUT2D eigenvalue weighted by Gasteiger charge is 2.17. The Balaban J connectivity index is 1.95. The van der Waals surface area contributed by atoms with Crippen molar-refractivity contribution in [2.75, 3.05) is 19.8 Å². The maximum atomic E-state index is 5.94. The highest BCUT2D eigenvalue weighted by atomic mass is 35.5. The van der Waals surface area contributed by atoms with Crippen LogP contribution in [0, 0.1) is 0 Å². The fourth-order valence-corrected chi connectivity index (χ4v) is 1.60. The lowest BCUT2D eigenvalue weighted by Crippen LogP contribution is -2.18. The first-order chi connectivity index (χ1) is 7.27. The van der Waals surface area contributed by atoms with Crippen molar-refractivity contribution < 1.29 is 14.2 Å². The monoisotopic (exact) mass is 248 g/mol. The first-order valence-corrected chi connectivity index (χ1v) is 5.33. The predicted molar refractivity (Wildman–Crippen MR) is 57.6 cm³/mol. The highest BCUT2D eigenvalue weighted by molar-refractivity contribution is 6.42. The molecule has 5 heteroatoms. The fourth-order valence-electron chi connectivity index (χ4n) is 1.26. The quantitative estimate of drug-likeness (QED) is 0.824. The molecular weight excluding hydrogens is 239 g/mol. The standard InChI is InChI=1S/C10H10Cl2O3/c11-7-2-1-3-8(10(7)12)15-6-9-13-4-5-14-9/h1-3,9H,4-6H2. The third-order valence-electron chi connectivity index (χ3n) is 1.98. The summed E-state index contributed by atoms with van der Waals surface area (Å²) in [6, 6.07) is 5.24. The maximum absolute atomic E-state index is 5.94. The lowest BCUT2D eigenvalue weighted by Gasteiger charge is -2.12. The average molecular weight is 249 g/mol. The van der Waals surface area contributed by atoms with Crippen LogP contribution in [-0.2, 0) is 9.47 Å². The van der Waals surface area contributed by atoms with Gasteiger partial charge in [-0.3, -0.25) is 0 Å². The molecule has 0 radical (unpaired) electrons. The molecule has 1 saturated heterocycles. The smallest absolute Gasteiger partial charge is 0.191 e. The molecule has 0 saturated carbocycles. The van der Waals surface area contributed by atoms with Crippen molar-refractivity contribution in [1.82, 2.24) is 0 Å². The van der Waals surface area contributed by atoms with Gasteiger partial charge in [-0.2, -0.15) is 0 Å². The Bertz CT molecular complexity index is 337. The van der Waals surface area contributed by atoms with Crippen LogP contribution in [0.5, 0.6) is 5.75 Å². The predicted octanol–water partition coefficient (Wildman–Crippen LogP) is 2.75. The lowest BCUT2D eigenvalue weighted by atomic mass is 10.3. The Morgan fingerprint density at radius 2 is 2.00 bits per heavy atom. The highest BCUT2D eigenvalue weighted by Crippen LogP contribution is 2.31. The Labute approximate surface area is 97.8 Å². The normalized spacial score (nSPS) is 16.9. The molecule has 0 bridgehead atoms. The van der Waals surface area contributed by atoms with Gasteiger partial charge in [-0.15, -0.1) is 0 Å². The fraction of sp³-hybridized carbons (Fsp3) is 0.400. The van der Waals surface area contributed by atoms with Gasteiger partial charge in [0.25, 0.3) is 0 Å². The van der Waals surface area contributed by atoms with Crippen LogP contribution in [0.3, 0.4) is 0 Å². The summed E-state index contributed by atoms with van der Waals surface area (Å²) in [7, 11) is 0. The molecule has 1 aliphatic rings. The van der Waals surface area contributed by atoms with Crippen molar-refractivity contribution in [2.45, 2.75) is 6.29 Å². The molecule has 0 atom stereocenters. The second-order valence-electron chi connectivity index (χ2n) is 3.03. The van der Waals surface area contributed by atoms with E-state index < -0.39 is 0 Å². The second kappa shape index (κ2) is 5.03. The van der Waals surface area contributed by atoms with Crippen molar-refractivity contribution in [3.63, 3.8) is 0 Å². The molecule has 15 heavy (non-hydrogen) atoms. The van der Waals surface area contributed by atoms with E-state index in [1.807, 2.05) is 0 Å². The van der Waals surface area contributed by atoms with Gasteiger partial charge in [-0.1, -0.05) is 29.3 Å². The minimum Gasteiger partial charge on any atom is -0.487 e. The van der Waals surface area contributed by atoms with Gasteiger partial charge in [0, 0.05) is 0 Å². The Kier molecular flexibility index (Phi) is 3.70. The summed E-state index contributed by atoms with van der Waals surface area (Å²) in [5.74, 6) is 0.545. The van der Waals surface area contributed by atoms with Crippen LogP contribution in [-0.4, -0.2) is 26.1 Å². The van der Waals surface area contributed by atoms with Crippen LogP contribution < -0.4 is 4.74 Å². The zero-order valence-corrected chi connectivity index (χ0v) is 9.42.